The summed E-state index contributed by atoms with van der Waals surface area (Å²) in [6.45, 7) is 4.65. The van der Waals surface area contributed by atoms with Crippen LogP contribution in [0.1, 0.15) is 17.7 Å². The Morgan fingerprint density at radius 3 is 2.84 bits per heavy atom. The molecule has 1 aliphatic rings. The summed E-state index contributed by atoms with van der Waals surface area (Å²) in [6, 6.07) is 11.0. The van der Waals surface area contributed by atoms with E-state index < -0.39 is 6.43 Å². The lowest BCUT2D eigenvalue weighted by Gasteiger charge is -2.36. The number of nitrogens with zero attached hydrogens (tertiary/aromatic N) is 2. The van der Waals surface area contributed by atoms with Crippen molar-refractivity contribution in [1.29, 1.82) is 0 Å². The number of alkyl halides is 2. The van der Waals surface area contributed by atoms with Gasteiger partial charge in [0, 0.05) is 18.8 Å². The molecule has 0 aliphatic carbocycles. The number of hydrogen-bond donors (Lipinski definition) is 1. The van der Waals surface area contributed by atoms with E-state index in [2.05, 4.69) is 21.8 Å². The number of hydrogen-bond acceptors (Lipinski definition) is 3. The molecule has 25 heavy (non-hydrogen) atoms. The number of pyridine rings is 1. The van der Waals surface area contributed by atoms with Gasteiger partial charge in [-0.05, 0) is 42.2 Å². The molecule has 0 bridgehead atoms. The largest absolute Gasteiger partial charge is 0.352 e. The standard InChI is InChI=1S/C19H19F2N3O/c1-2-18(25)23-10-13-9-14-5-3-4-6-17(14)24(12-13)15-7-8-16(19(20)21)22-11-15/h2-8,11,13,19H,1,9-10,12H2,(H,23,25). The summed E-state index contributed by atoms with van der Waals surface area (Å²) >= 11 is 0. The molecule has 1 amide bonds. The number of carbonyl (C=O) groups excluding carboxylic acids is 1. The van der Waals surface area contributed by atoms with E-state index in [1.54, 1.807) is 6.07 Å². The minimum atomic E-state index is -2.58. The van der Waals surface area contributed by atoms with Gasteiger partial charge in [0.25, 0.3) is 6.43 Å². The topological polar surface area (TPSA) is 45.2 Å². The van der Waals surface area contributed by atoms with Crippen LogP contribution < -0.4 is 10.2 Å². The molecule has 6 heteroatoms. The fourth-order valence-electron chi connectivity index (χ4n) is 3.06. The van der Waals surface area contributed by atoms with Gasteiger partial charge in [-0.3, -0.25) is 9.78 Å². The molecule has 1 aromatic carbocycles. The van der Waals surface area contributed by atoms with Crippen molar-refractivity contribution < 1.29 is 13.6 Å². The third kappa shape index (κ3) is 3.84. The maximum absolute atomic E-state index is 12.7. The number of aromatic nitrogens is 1. The Balaban J connectivity index is 1.85. The highest BCUT2D eigenvalue weighted by Gasteiger charge is 2.25. The van der Waals surface area contributed by atoms with E-state index in [-0.39, 0.29) is 17.5 Å². The van der Waals surface area contributed by atoms with Crippen molar-refractivity contribution in [1.82, 2.24) is 10.3 Å². The van der Waals surface area contributed by atoms with Gasteiger partial charge in [0.2, 0.25) is 5.91 Å². The highest BCUT2D eigenvalue weighted by molar-refractivity contribution is 5.86. The first-order valence-corrected chi connectivity index (χ1v) is 8.08. The van der Waals surface area contributed by atoms with Crippen molar-refractivity contribution in [2.45, 2.75) is 12.8 Å². The number of para-hydroxylation sites is 1. The molecule has 130 valence electrons. The minimum absolute atomic E-state index is 0.201. The second kappa shape index (κ2) is 7.42. The Morgan fingerprint density at radius 1 is 1.36 bits per heavy atom. The van der Waals surface area contributed by atoms with Crippen molar-refractivity contribution in [2.75, 3.05) is 18.0 Å². The first-order valence-electron chi connectivity index (χ1n) is 8.08. The fourth-order valence-corrected chi connectivity index (χ4v) is 3.06. The summed E-state index contributed by atoms with van der Waals surface area (Å²) in [5.41, 5.74) is 2.73. The van der Waals surface area contributed by atoms with Crippen molar-refractivity contribution in [3.8, 4) is 0 Å². The van der Waals surface area contributed by atoms with E-state index >= 15 is 0 Å². The number of amides is 1. The molecule has 0 saturated carbocycles. The van der Waals surface area contributed by atoms with Crippen molar-refractivity contribution in [2.24, 2.45) is 5.92 Å². The lowest BCUT2D eigenvalue weighted by Crippen LogP contribution is -2.39. The molecule has 0 saturated heterocycles. The predicted molar refractivity (Wildman–Crippen MR) is 93.0 cm³/mol. The second-order valence-corrected chi connectivity index (χ2v) is 6.00. The van der Waals surface area contributed by atoms with E-state index in [1.165, 1.54) is 18.3 Å². The Labute approximate surface area is 145 Å². The molecule has 1 atom stereocenters. The summed E-state index contributed by atoms with van der Waals surface area (Å²) < 4.78 is 25.5. The van der Waals surface area contributed by atoms with Crippen LogP contribution >= 0.6 is 0 Å². The molecule has 1 aliphatic heterocycles. The highest BCUT2D eigenvalue weighted by atomic mass is 19.3. The van der Waals surface area contributed by atoms with Crippen LogP contribution in [0.25, 0.3) is 0 Å². The molecule has 1 N–H and O–H groups in total. The normalized spacial score (nSPS) is 16.4. The molecule has 0 radical (unpaired) electrons. The SMILES string of the molecule is C=CC(=O)NCC1Cc2ccccc2N(c2ccc(C(F)F)nc2)C1. The van der Waals surface area contributed by atoms with Crippen LogP contribution in [-0.2, 0) is 11.2 Å². The Morgan fingerprint density at radius 2 is 2.16 bits per heavy atom. The Bertz CT molecular complexity index is 762. The van der Waals surface area contributed by atoms with Gasteiger partial charge < -0.3 is 10.2 Å². The third-order valence-electron chi connectivity index (χ3n) is 4.29. The van der Waals surface area contributed by atoms with Crippen LogP contribution in [0, 0.1) is 5.92 Å². The lowest BCUT2D eigenvalue weighted by atomic mass is 9.92. The van der Waals surface area contributed by atoms with Gasteiger partial charge in [0.1, 0.15) is 5.69 Å². The quantitative estimate of drug-likeness (QED) is 0.843. The molecule has 4 nitrogen and oxygen atoms in total. The fraction of sp³-hybridized carbons (Fsp3) is 0.263. The Hall–Kier alpha value is -2.76. The van der Waals surface area contributed by atoms with Crippen molar-refractivity contribution in [3.05, 3.63) is 66.5 Å². The van der Waals surface area contributed by atoms with E-state index in [9.17, 15) is 13.6 Å². The van der Waals surface area contributed by atoms with Crippen LogP contribution in [0.4, 0.5) is 20.2 Å². The maximum atomic E-state index is 12.7. The zero-order valence-corrected chi connectivity index (χ0v) is 13.7. The number of anilines is 2. The van der Waals surface area contributed by atoms with E-state index in [4.69, 9.17) is 0 Å². The predicted octanol–water partition coefficient (Wildman–Crippen LogP) is 3.63. The summed E-state index contributed by atoms with van der Waals surface area (Å²) in [5, 5.41) is 2.83. The summed E-state index contributed by atoms with van der Waals surface area (Å²) in [7, 11) is 0. The Kier molecular flexibility index (Phi) is 5.07. The summed E-state index contributed by atoms with van der Waals surface area (Å²) in [6.07, 6.45) is 0.987. The molecule has 3 rings (SSSR count). The number of rotatable bonds is 5. The number of nitrogens with one attached hydrogen (secondary N) is 1. The number of halogens is 2. The van der Waals surface area contributed by atoms with E-state index in [1.807, 2.05) is 24.3 Å². The summed E-state index contributed by atoms with van der Waals surface area (Å²) in [4.78, 5) is 17.4. The van der Waals surface area contributed by atoms with Gasteiger partial charge in [-0.2, -0.15) is 0 Å². The molecule has 1 aromatic heterocycles. The molecule has 0 fully saturated rings. The highest BCUT2D eigenvalue weighted by Crippen LogP contribution is 2.35. The van der Waals surface area contributed by atoms with Crippen LogP contribution in [-0.4, -0.2) is 24.0 Å². The lowest BCUT2D eigenvalue weighted by molar-refractivity contribution is -0.116. The first-order chi connectivity index (χ1) is 12.1. The van der Waals surface area contributed by atoms with Crippen LogP contribution in [0.5, 0.6) is 0 Å². The first kappa shape index (κ1) is 17.1. The number of carbonyl (C=O) groups is 1. The van der Waals surface area contributed by atoms with Crippen molar-refractivity contribution in [3.63, 3.8) is 0 Å². The van der Waals surface area contributed by atoms with Crippen molar-refractivity contribution >= 4 is 17.3 Å². The number of benzene rings is 1. The average molecular weight is 343 g/mol. The van der Waals surface area contributed by atoms with Gasteiger partial charge in [0.15, 0.2) is 0 Å². The minimum Gasteiger partial charge on any atom is -0.352 e. The monoisotopic (exact) mass is 343 g/mol. The maximum Gasteiger partial charge on any atom is 0.280 e. The summed E-state index contributed by atoms with van der Waals surface area (Å²) in [5.74, 6) is 0.00179. The van der Waals surface area contributed by atoms with Gasteiger partial charge in [-0.1, -0.05) is 24.8 Å². The van der Waals surface area contributed by atoms with Gasteiger partial charge in [-0.15, -0.1) is 0 Å². The van der Waals surface area contributed by atoms with Crippen LogP contribution in [0.3, 0.4) is 0 Å². The van der Waals surface area contributed by atoms with Gasteiger partial charge in [0.05, 0.1) is 11.9 Å². The van der Waals surface area contributed by atoms with Crippen LogP contribution in [0.15, 0.2) is 55.3 Å². The zero-order valence-electron chi connectivity index (χ0n) is 13.7. The van der Waals surface area contributed by atoms with Gasteiger partial charge >= 0.3 is 0 Å². The number of fused-ring (bicyclic) bond motifs is 1. The second-order valence-electron chi connectivity index (χ2n) is 6.00. The molecular weight excluding hydrogens is 324 g/mol. The van der Waals surface area contributed by atoms with E-state index in [0.29, 0.717) is 13.1 Å². The zero-order chi connectivity index (χ0) is 17.8. The molecule has 0 spiro atoms. The molecular formula is C19H19F2N3O. The third-order valence-corrected chi connectivity index (χ3v) is 4.29. The molecule has 2 heterocycles. The van der Waals surface area contributed by atoms with Crippen LogP contribution in [0.2, 0.25) is 0 Å². The van der Waals surface area contributed by atoms with Gasteiger partial charge in [-0.25, -0.2) is 8.78 Å². The molecule has 2 aromatic rings. The molecule has 1 unspecified atom stereocenters. The van der Waals surface area contributed by atoms with E-state index in [0.717, 1.165) is 23.4 Å². The average Bonchev–Trinajstić information content (AvgIpc) is 2.65. The smallest absolute Gasteiger partial charge is 0.280 e.